The number of halogens is 2. The van der Waals surface area contributed by atoms with Crippen LogP contribution in [0.25, 0.3) is 0 Å². The number of rotatable bonds is 3. The maximum atomic E-state index is 12.5. The first kappa shape index (κ1) is 10.8. The normalized spacial score (nSPS) is 25.2. The van der Waals surface area contributed by atoms with Crippen LogP contribution in [0, 0.1) is 5.41 Å². The van der Waals surface area contributed by atoms with Gasteiger partial charge < -0.3 is 5.11 Å². The minimum Gasteiger partial charge on any atom is -0.396 e. The zero-order valence-corrected chi connectivity index (χ0v) is 8.07. The molecule has 0 aromatic carbocycles. The first-order valence-corrected chi connectivity index (χ1v) is 5.91. The van der Waals surface area contributed by atoms with E-state index < -0.39 is 40.6 Å². The summed E-state index contributed by atoms with van der Waals surface area (Å²) in [4.78, 5) is 0. The third kappa shape index (κ3) is 2.60. The molecule has 0 heterocycles. The standard InChI is InChI=1S/C7H12F2O3S/c1-13(11,12)5-6(4-10)2-7(8,9)3-6/h10H,2-5H2,1H3. The van der Waals surface area contributed by atoms with Crippen molar-refractivity contribution in [1.82, 2.24) is 0 Å². The molecule has 0 aromatic heterocycles. The number of aliphatic hydroxyl groups excluding tert-OH is 1. The van der Waals surface area contributed by atoms with Crippen molar-refractivity contribution in [2.24, 2.45) is 5.41 Å². The van der Waals surface area contributed by atoms with E-state index in [9.17, 15) is 17.2 Å². The molecule has 6 heteroatoms. The molecule has 1 fully saturated rings. The van der Waals surface area contributed by atoms with E-state index >= 15 is 0 Å². The van der Waals surface area contributed by atoms with E-state index in [0.717, 1.165) is 6.26 Å². The number of sulfone groups is 1. The average Bonchev–Trinajstić information content (AvgIpc) is 1.79. The topological polar surface area (TPSA) is 54.4 Å². The van der Waals surface area contributed by atoms with Crippen molar-refractivity contribution in [3.63, 3.8) is 0 Å². The maximum Gasteiger partial charge on any atom is 0.249 e. The predicted octanol–water partition coefficient (Wildman–Crippen LogP) is 0.439. The molecule has 3 nitrogen and oxygen atoms in total. The summed E-state index contributed by atoms with van der Waals surface area (Å²) in [7, 11) is -3.30. The molecule has 78 valence electrons. The van der Waals surface area contributed by atoms with Crippen LogP contribution in [-0.4, -0.2) is 38.1 Å². The molecule has 0 radical (unpaired) electrons. The lowest BCUT2D eigenvalue weighted by Gasteiger charge is -2.45. The number of hydrogen-bond acceptors (Lipinski definition) is 3. The van der Waals surface area contributed by atoms with Gasteiger partial charge in [0.25, 0.3) is 0 Å². The second-order valence-electron chi connectivity index (χ2n) is 3.94. The first-order chi connectivity index (χ1) is 5.68. The summed E-state index contributed by atoms with van der Waals surface area (Å²) >= 11 is 0. The number of aliphatic hydroxyl groups is 1. The van der Waals surface area contributed by atoms with Crippen LogP contribution >= 0.6 is 0 Å². The summed E-state index contributed by atoms with van der Waals surface area (Å²) in [6, 6.07) is 0. The van der Waals surface area contributed by atoms with Gasteiger partial charge in [-0.15, -0.1) is 0 Å². The van der Waals surface area contributed by atoms with Crippen molar-refractivity contribution in [3.8, 4) is 0 Å². The minimum absolute atomic E-state index is 0.355. The van der Waals surface area contributed by atoms with E-state index in [1.54, 1.807) is 0 Å². The lowest BCUT2D eigenvalue weighted by Crippen LogP contribution is -2.52. The van der Waals surface area contributed by atoms with Crippen LogP contribution in [0.2, 0.25) is 0 Å². The second kappa shape index (κ2) is 2.88. The highest BCUT2D eigenvalue weighted by Gasteiger charge is 2.57. The van der Waals surface area contributed by atoms with Crippen LogP contribution in [0.4, 0.5) is 8.78 Å². The van der Waals surface area contributed by atoms with Crippen LogP contribution in [0.1, 0.15) is 12.8 Å². The fraction of sp³-hybridized carbons (Fsp3) is 1.00. The van der Waals surface area contributed by atoms with Gasteiger partial charge >= 0.3 is 0 Å². The fourth-order valence-corrected chi connectivity index (χ4v) is 3.27. The molecule has 1 rings (SSSR count). The Morgan fingerprint density at radius 3 is 2.08 bits per heavy atom. The summed E-state index contributed by atoms with van der Waals surface area (Å²) in [6.07, 6.45) is -0.0615. The molecule has 0 atom stereocenters. The van der Waals surface area contributed by atoms with E-state index in [0.29, 0.717) is 0 Å². The van der Waals surface area contributed by atoms with Gasteiger partial charge in [-0.2, -0.15) is 0 Å². The number of hydrogen-bond donors (Lipinski definition) is 1. The lowest BCUT2D eigenvalue weighted by molar-refractivity contribution is -0.166. The lowest BCUT2D eigenvalue weighted by atomic mass is 9.68. The van der Waals surface area contributed by atoms with E-state index in [-0.39, 0.29) is 5.75 Å². The molecule has 1 N–H and O–H groups in total. The first-order valence-electron chi connectivity index (χ1n) is 3.85. The Kier molecular flexibility index (Phi) is 2.40. The molecule has 0 aliphatic heterocycles. The van der Waals surface area contributed by atoms with Gasteiger partial charge in [-0.25, -0.2) is 17.2 Å². The number of alkyl halides is 2. The molecule has 1 saturated carbocycles. The van der Waals surface area contributed by atoms with E-state index in [4.69, 9.17) is 5.11 Å². The van der Waals surface area contributed by atoms with E-state index in [2.05, 4.69) is 0 Å². The van der Waals surface area contributed by atoms with Crippen molar-refractivity contribution >= 4 is 9.84 Å². The Labute approximate surface area is 75.7 Å². The average molecular weight is 214 g/mol. The molecule has 0 spiro atoms. The highest BCUT2D eigenvalue weighted by Crippen LogP contribution is 2.52. The molecule has 13 heavy (non-hydrogen) atoms. The molecule has 0 bridgehead atoms. The summed E-state index contributed by atoms with van der Waals surface area (Å²) < 4.78 is 46.7. The van der Waals surface area contributed by atoms with Gasteiger partial charge in [0.2, 0.25) is 5.92 Å². The third-order valence-electron chi connectivity index (χ3n) is 2.17. The minimum atomic E-state index is -3.30. The van der Waals surface area contributed by atoms with Gasteiger partial charge in [0.1, 0.15) is 9.84 Å². The molecule has 0 saturated heterocycles. The summed E-state index contributed by atoms with van der Waals surface area (Å²) in [5.74, 6) is -3.15. The van der Waals surface area contributed by atoms with Crippen LogP contribution in [0.15, 0.2) is 0 Å². The Bertz CT molecular complexity index is 289. The van der Waals surface area contributed by atoms with Gasteiger partial charge in [-0.3, -0.25) is 0 Å². The van der Waals surface area contributed by atoms with E-state index in [1.807, 2.05) is 0 Å². The quantitative estimate of drug-likeness (QED) is 0.741. The van der Waals surface area contributed by atoms with Gasteiger partial charge in [0.15, 0.2) is 0 Å². The molecule has 0 amide bonds. The second-order valence-corrected chi connectivity index (χ2v) is 6.08. The molecule has 1 aliphatic rings. The monoisotopic (exact) mass is 214 g/mol. The van der Waals surface area contributed by atoms with Crippen LogP contribution in [-0.2, 0) is 9.84 Å². The van der Waals surface area contributed by atoms with Gasteiger partial charge in [-0.05, 0) is 0 Å². The van der Waals surface area contributed by atoms with Crippen molar-refractivity contribution in [1.29, 1.82) is 0 Å². The van der Waals surface area contributed by atoms with E-state index in [1.165, 1.54) is 0 Å². The van der Waals surface area contributed by atoms with Crippen LogP contribution in [0.5, 0.6) is 0 Å². The Hall–Kier alpha value is -0.230. The van der Waals surface area contributed by atoms with Gasteiger partial charge in [0, 0.05) is 24.5 Å². The molecule has 1 aliphatic carbocycles. The highest BCUT2D eigenvalue weighted by atomic mass is 32.2. The van der Waals surface area contributed by atoms with Crippen molar-refractivity contribution in [2.45, 2.75) is 18.8 Å². The largest absolute Gasteiger partial charge is 0.396 e. The maximum absolute atomic E-state index is 12.5. The van der Waals surface area contributed by atoms with Crippen LogP contribution in [0.3, 0.4) is 0 Å². The highest BCUT2D eigenvalue weighted by molar-refractivity contribution is 7.90. The molecular formula is C7H12F2O3S. The summed E-state index contributed by atoms with van der Waals surface area (Å²) in [6.45, 7) is -0.490. The summed E-state index contributed by atoms with van der Waals surface area (Å²) in [5.41, 5.74) is -1.10. The Balaban J connectivity index is 2.67. The zero-order chi connectivity index (χ0) is 10.3. The SMILES string of the molecule is CS(=O)(=O)CC1(CO)CC(F)(F)C1. The summed E-state index contributed by atoms with van der Waals surface area (Å²) in [5, 5.41) is 8.83. The van der Waals surface area contributed by atoms with Crippen molar-refractivity contribution < 1.29 is 22.3 Å². The molecule has 0 aromatic rings. The fourth-order valence-electron chi connectivity index (χ4n) is 1.86. The van der Waals surface area contributed by atoms with Gasteiger partial charge in [-0.1, -0.05) is 0 Å². The van der Waals surface area contributed by atoms with Crippen LogP contribution < -0.4 is 0 Å². The van der Waals surface area contributed by atoms with Crippen molar-refractivity contribution in [3.05, 3.63) is 0 Å². The zero-order valence-electron chi connectivity index (χ0n) is 7.26. The Morgan fingerprint density at radius 1 is 1.38 bits per heavy atom. The third-order valence-corrected chi connectivity index (χ3v) is 3.31. The molecular weight excluding hydrogens is 202 g/mol. The molecule has 0 unspecified atom stereocenters. The smallest absolute Gasteiger partial charge is 0.249 e. The predicted molar refractivity (Wildman–Crippen MR) is 43.4 cm³/mol. The van der Waals surface area contributed by atoms with Gasteiger partial charge in [0.05, 0.1) is 12.4 Å². The van der Waals surface area contributed by atoms with Crippen molar-refractivity contribution in [2.75, 3.05) is 18.6 Å². The Morgan fingerprint density at radius 2 is 1.85 bits per heavy atom.